The third-order valence-electron chi connectivity index (χ3n) is 4.25. The first-order valence-electron chi connectivity index (χ1n) is 8.48. The molecule has 3 rings (SSSR count). The quantitative estimate of drug-likeness (QED) is 0.683. The summed E-state index contributed by atoms with van der Waals surface area (Å²) in [5, 5.41) is 6.18. The predicted octanol–water partition coefficient (Wildman–Crippen LogP) is 1.63. The number of nitrogens with one attached hydrogen (secondary N) is 1. The van der Waals surface area contributed by atoms with Crippen molar-refractivity contribution in [1.29, 1.82) is 0 Å². The molecule has 2 aromatic heterocycles. The number of hydrogen-bond donors (Lipinski definition) is 1. The number of aryl methyl sites for hydroxylation is 1. The summed E-state index contributed by atoms with van der Waals surface area (Å²) in [5.41, 5.74) is -0.623. The Morgan fingerprint density at radius 3 is 2.73 bits per heavy atom. The van der Waals surface area contributed by atoms with Crippen molar-refractivity contribution >= 4 is 28.0 Å². The van der Waals surface area contributed by atoms with Crippen molar-refractivity contribution in [1.82, 2.24) is 19.7 Å². The topological polar surface area (TPSA) is 88.1 Å². The van der Waals surface area contributed by atoms with Crippen LogP contribution in [0.15, 0.2) is 45.4 Å². The average Bonchev–Trinajstić information content (AvgIpc) is 3.17. The zero-order valence-electron chi connectivity index (χ0n) is 14.5. The van der Waals surface area contributed by atoms with Crippen LogP contribution in [0.1, 0.15) is 18.4 Å². The number of H-pyrrole nitrogens is 1. The van der Waals surface area contributed by atoms with Gasteiger partial charge in [0.15, 0.2) is 0 Å². The third kappa shape index (κ3) is 3.91. The van der Waals surface area contributed by atoms with Crippen LogP contribution in [0.5, 0.6) is 0 Å². The smallest absolute Gasteiger partial charge is 0.273 e. The number of rotatable bonds is 7. The van der Waals surface area contributed by atoms with Gasteiger partial charge in [-0.05, 0) is 19.1 Å². The monoisotopic (exact) mass is 372 g/mol. The second-order valence-electron chi connectivity index (χ2n) is 5.84. The molecule has 1 aromatic carbocycles. The lowest BCUT2D eigenvalue weighted by Crippen LogP contribution is -2.35. The Morgan fingerprint density at radius 2 is 2.04 bits per heavy atom. The molecule has 26 heavy (non-hydrogen) atoms. The Labute approximate surface area is 153 Å². The predicted molar refractivity (Wildman–Crippen MR) is 102 cm³/mol. The highest BCUT2D eigenvalue weighted by Gasteiger charge is 2.14. The Hall–Kier alpha value is -2.74. The van der Waals surface area contributed by atoms with Crippen LogP contribution in [0.3, 0.4) is 0 Å². The summed E-state index contributed by atoms with van der Waals surface area (Å²) in [6.45, 7) is 3.24. The van der Waals surface area contributed by atoms with Crippen LogP contribution in [-0.4, -0.2) is 38.7 Å². The molecule has 136 valence electrons. The van der Waals surface area contributed by atoms with Gasteiger partial charge >= 0.3 is 0 Å². The molecule has 0 saturated heterocycles. The average molecular weight is 372 g/mol. The normalized spacial score (nSPS) is 11.0. The second-order valence-corrected chi connectivity index (χ2v) is 6.82. The van der Waals surface area contributed by atoms with Gasteiger partial charge in [-0.15, -0.1) is 11.3 Å². The van der Waals surface area contributed by atoms with Crippen molar-refractivity contribution in [3.63, 3.8) is 0 Å². The van der Waals surface area contributed by atoms with E-state index in [2.05, 4.69) is 10.1 Å². The van der Waals surface area contributed by atoms with E-state index in [0.717, 1.165) is 5.01 Å². The minimum absolute atomic E-state index is 0.0510. The summed E-state index contributed by atoms with van der Waals surface area (Å²) in [6.07, 6.45) is 2.62. The van der Waals surface area contributed by atoms with E-state index in [9.17, 15) is 14.4 Å². The number of thiazole rings is 1. The SMILES string of the molecule is CCN(CCc1nccs1)C(=O)CCn1[nH]c(=O)c2ccccc2c1=O. The molecule has 1 N–H and O–H groups in total. The number of benzene rings is 1. The van der Waals surface area contributed by atoms with Gasteiger partial charge in [-0.25, -0.2) is 9.67 Å². The Kier molecular flexibility index (Phi) is 5.62. The van der Waals surface area contributed by atoms with Gasteiger partial charge in [0.1, 0.15) is 0 Å². The van der Waals surface area contributed by atoms with Gasteiger partial charge < -0.3 is 4.90 Å². The van der Waals surface area contributed by atoms with Gasteiger partial charge in [0.25, 0.3) is 11.1 Å². The zero-order chi connectivity index (χ0) is 18.5. The number of carbonyl (C=O) groups excluding carboxylic acids is 1. The molecule has 0 fully saturated rings. The highest BCUT2D eigenvalue weighted by atomic mass is 32.1. The molecule has 7 nitrogen and oxygen atoms in total. The van der Waals surface area contributed by atoms with Crippen LogP contribution >= 0.6 is 11.3 Å². The molecule has 1 amide bonds. The van der Waals surface area contributed by atoms with Crippen molar-refractivity contribution in [2.24, 2.45) is 0 Å². The zero-order valence-corrected chi connectivity index (χ0v) is 15.3. The number of nitrogens with zero attached hydrogens (tertiary/aromatic N) is 3. The molecular weight excluding hydrogens is 352 g/mol. The number of likely N-dealkylation sites (N-methyl/N-ethyl adjacent to an activating group) is 1. The van der Waals surface area contributed by atoms with E-state index in [-0.39, 0.29) is 30.0 Å². The van der Waals surface area contributed by atoms with E-state index >= 15 is 0 Å². The van der Waals surface area contributed by atoms with Crippen LogP contribution in [-0.2, 0) is 17.8 Å². The maximum atomic E-state index is 12.5. The summed E-state index contributed by atoms with van der Waals surface area (Å²) >= 11 is 1.57. The summed E-state index contributed by atoms with van der Waals surface area (Å²) in [6, 6.07) is 6.67. The fourth-order valence-corrected chi connectivity index (χ4v) is 3.45. The molecular formula is C18H20N4O3S. The Morgan fingerprint density at radius 1 is 1.27 bits per heavy atom. The molecule has 3 aromatic rings. The molecule has 0 bridgehead atoms. The van der Waals surface area contributed by atoms with Crippen LogP contribution in [0, 0.1) is 0 Å². The Bertz CT molecular complexity index is 1010. The third-order valence-corrected chi connectivity index (χ3v) is 5.09. The number of carbonyl (C=O) groups is 1. The largest absolute Gasteiger partial charge is 0.342 e. The van der Waals surface area contributed by atoms with Crippen molar-refractivity contribution in [2.45, 2.75) is 26.3 Å². The summed E-state index contributed by atoms with van der Waals surface area (Å²) in [5.74, 6) is -0.0510. The first-order chi connectivity index (χ1) is 12.6. The molecule has 0 spiro atoms. The summed E-state index contributed by atoms with van der Waals surface area (Å²) in [7, 11) is 0. The first kappa shape index (κ1) is 18.1. The van der Waals surface area contributed by atoms with Gasteiger partial charge in [-0.1, -0.05) is 12.1 Å². The molecule has 0 unspecified atom stereocenters. The molecule has 0 atom stereocenters. The number of aromatic amines is 1. The molecule has 0 aliphatic rings. The highest BCUT2D eigenvalue weighted by molar-refractivity contribution is 7.09. The second kappa shape index (κ2) is 8.09. The summed E-state index contributed by atoms with van der Waals surface area (Å²) in [4.78, 5) is 43.0. The van der Waals surface area contributed by atoms with Gasteiger partial charge in [-0.2, -0.15) is 0 Å². The van der Waals surface area contributed by atoms with Crippen LogP contribution in [0.2, 0.25) is 0 Å². The van der Waals surface area contributed by atoms with Crippen molar-refractivity contribution in [3.05, 3.63) is 61.6 Å². The van der Waals surface area contributed by atoms with E-state index < -0.39 is 0 Å². The lowest BCUT2D eigenvalue weighted by atomic mass is 10.2. The van der Waals surface area contributed by atoms with Crippen LogP contribution < -0.4 is 11.1 Å². The van der Waals surface area contributed by atoms with Gasteiger partial charge in [0, 0.05) is 37.5 Å². The fraction of sp³-hybridized carbons (Fsp3) is 0.333. The maximum Gasteiger partial charge on any atom is 0.273 e. The fourth-order valence-electron chi connectivity index (χ4n) is 2.84. The maximum absolute atomic E-state index is 12.5. The number of fused-ring (bicyclic) bond motifs is 1. The molecule has 0 aliphatic heterocycles. The number of amides is 1. The van der Waals surface area contributed by atoms with Crippen LogP contribution in [0.4, 0.5) is 0 Å². The molecule has 0 radical (unpaired) electrons. The molecule has 0 aliphatic carbocycles. The van der Waals surface area contributed by atoms with Crippen molar-refractivity contribution in [2.75, 3.05) is 13.1 Å². The molecule has 8 heteroatoms. The number of aromatic nitrogens is 3. The van der Waals surface area contributed by atoms with Gasteiger partial charge in [0.2, 0.25) is 5.91 Å². The van der Waals surface area contributed by atoms with Gasteiger partial charge in [-0.3, -0.25) is 19.5 Å². The van der Waals surface area contributed by atoms with Crippen LogP contribution in [0.25, 0.3) is 10.8 Å². The van der Waals surface area contributed by atoms with Crippen molar-refractivity contribution < 1.29 is 4.79 Å². The first-order valence-corrected chi connectivity index (χ1v) is 9.36. The number of hydrogen-bond acceptors (Lipinski definition) is 5. The highest BCUT2D eigenvalue weighted by Crippen LogP contribution is 2.07. The lowest BCUT2D eigenvalue weighted by Gasteiger charge is -2.20. The van der Waals surface area contributed by atoms with E-state index in [1.165, 1.54) is 4.68 Å². The van der Waals surface area contributed by atoms with E-state index in [1.807, 2.05) is 12.3 Å². The van der Waals surface area contributed by atoms with Gasteiger partial charge in [0.05, 0.1) is 22.3 Å². The van der Waals surface area contributed by atoms with E-state index in [4.69, 9.17) is 0 Å². The molecule has 0 saturated carbocycles. The standard InChI is InChI=1S/C18H20N4O3S/c1-2-21(10-7-15-19-9-12-26-15)16(23)8-11-22-18(25)14-6-4-3-5-13(14)17(24)20-22/h3-6,9,12H,2,7-8,10-11H2,1H3,(H,20,24). The minimum Gasteiger partial charge on any atom is -0.342 e. The Balaban J connectivity index is 1.68. The van der Waals surface area contributed by atoms with E-state index in [0.29, 0.717) is 30.3 Å². The van der Waals surface area contributed by atoms with E-state index in [1.54, 1.807) is 46.7 Å². The lowest BCUT2D eigenvalue weighted by molar-refractivity contribution is -0.131. The molecule has 2 heterocycles. The summed E-state index contributed by atoms with van der Waals surface area (Å²) < 4.78 is 1.22. The minimum atomic E-state index is -0.330. The van der Waals surface area contributed by atoms with Crippen molar-refractivity contribution in [3.8, 4) is 0 Å².